The molecule has 1 aromatic carbocycles. The number of fused-ring (bicyclic) bond motifs is 1. The van der Waals surface area contributed by atoms with Crippen molar-refractivity contribution in [1.29, 1.82) is 0 Å². The van der Waals surface area contributed by atoms with Gasteiger partial charge in [0.2, 0.25) is 5.91 Å². The summed E-state index contributed by atoms with van der Waals surface area (Å²) in [6.07, 6.45) is 1.93. The normalized spacial score (nSPS) is 15.9. The molecule has 2 aromatic heterocycles. The molecule has 0 unspecified atom stereocenters. The second-order valence-electron chi connectivity index (χ2n) is 6.72. The van der Waals surface area contributed by atoms with Gasteiger partial charge in [-0.15, -0.1) is 11.3 Å². The highest BCUT2D eigenvalue weighted by Gasteiger charge is 2.30. The molecular formula is C20H20N4O3S. The van der Waals surface area contributed by atoms with Gasteiger partial charge in [-0.2, -0.15) is 5.10 Å². The molecule has 2 amide bonds. The van der Waals surface area contributed by atoms with Crippen LogP contribution < -0.4 is 5.32 Å². The summed E-state index contributed by atoms with van der Waals surface area (Å²) < 4.78 is 1.83. The Morgan fingerprint density at radius 1 is 1.25 bits per heavy atom. The largest absolute Gasteiger partial charge is 0.508 e. The van der Waals surface area contributed by atoms with Crippen LogP contribution in [0.3, 0.4) is 0 Å². The van der Waals surface area contributed by atoms with Crippen molar-refractivity contribution in [2.45, 2.75) is 25.6 Å². The van der Waals surface area contributed by atoms with Crippen LogP contribution in [0.5, 0.6) is 5.75 Å². The number of aromatic hydroxyl groups is 1. The zero-order valence-corrected chi connectivity index (χ0v) is 15.9. The van der Waals surface area contributed by atoms with Crippen molar-refractivity contribution in [3.63, 3.8) is 0 Å². The van der Waals surface area contributed by atoms with E-state index in [0.717, 1.165) is 10.6 Å². The van der Waals surface area contributed by atoms with E-state index in [0.29, 0.717) is 25.2 Å². The molecule has 28 heavy (non-hydrogen) atoms. The second-order valence-corrected chi connectivity index (χ2v) is 7.75. The number of rotatable bonds is 5. The van der Waals surface area contributed by atoms with Crippen LogP contribution in [0.15, 0.2) is 54.0 Å². The highest BCUT2D eigenvalue weighted by Crippen LogP contribution is 2.25. The zero-order chi connectivity index (χ0) is 19.5. The van der Waals surface area contributed by atoms with Gasteiger partial charge >= 0.3 is 0 Å². The number of phenolic OH excluding ortho intramolecular Hbond substituents is 1. The Labute approximate surface area is 166 Å². The van der Waals surface area contributed by atoms with E-state index < -0.39 is 0 Å². The van der Waals surface area contributed by atoms with Gasteiger partial charge in [0.1, 0.15) is 5.75 Å². The first kappa shape index (κ1) is 18.2. The predicted molar refractivity (Wildman–Crippen MR) is 105 cm³/mol. The van der Waals surface area contributed by atoms with Gasteiger partial charge in [-0.25, -0.2) is 0 Å². The maximum absolute atomic E-state index is 12.9. The van der Waals surface area contributed by atoms with Gasteiger partial charge in [0.05, 0.1) is 31.2 Å². The van der Waals surface area contributed by atoms with E-state index in [4.69, 9.17) is 0 Å². The molecule has 0 radical (unpaired) electrons. The summed E-state index contributed by atoms with van der Waals surface area (Å²) in [5, 5.41) is 18.9. The molecule has 0 spiro atoms. The highest BCUT2D eigenvalue weighted by molar-refractivity contribution is 7.09. The predicted octanol–water partition coefficient (Wildman–Crippen LogP) is 2.55. The lowest BCUT2D eigenvalue weighted by molar-refractivity contribution is -0.122. The fourth-order valence-electron chi connectivity index (χ4n) is 3.40. The van der Waals surface area contributed by atoms with E-state index in [1.807, 2.05) is 28.3 Å². The van der Waals surface area contributed by atoms with E-state index >= 15 is 0 Å². The molecule has 144 valence electrons. The molecule has 1 aliphatic heterocycles. The zero-order valence-electron chi connectivity index (χ0n) is 15.1. The Bertz CT molecular complexity index is 983. The van der Waals surface area contributed by atoms with Crippen molar-refractivity contribution in [1.82, 2.24) is 20.0 Å². The molecule has 0 bridgehead atoms. The number of aromatic nitrogens is 2. The van der Waals surface area contributed by atoms with Crippen LogP contribution in [0.1, 0.15) is 33.4 Å². The summed E-state index contributed by atoms with van der Waals surface area (Å²) in [4.78, 5) is 28.1. The number of amides is 2. The topological polar surface area (TPSA) is 87.5 Å². The van der Waals surface area contributed by atoms with Gasteiger partial charge in [0, 0.05) is 23.2 Å². The van der Waals surface area contributed by atoms with Crippen LogP contribution in [0.4, 0.5) is 0 Å². The monoisotopic (exact) mass is 396 g/mol. The van der Waals surface area contributed by atoms with Gasteiger partial charge in [-0.1, -0.05) is 12.1 Å². The first-order chi connectivity index (χ1) is 13.6. The van der Waals surface area contributed by atoms with E-state index in [1.54, 1.807) is 34.6 Å². The number of carbonyl (C=O) groups excluding carboxylic acids is 2. The van der Waals surface area contributed by atoms with Crippen LogP contribution >= 0.6 is 11.3 Å². The summed E-state index contributed by atoms with van der Waals surface area (Å²) >= 11 is 1.60. The third-order valence-corrected chi connectivity index (χ3v) is 5.60. The van der Waals surface area contributed by atoms with Crippen LogP contribution in [0.25, 0.3) is 0 Å². The lowest BCUT2D eigenvalue weighted by Gasteiger charge is -2.33. The molecule has 1 atom stereocenters. The molecule has 8 heteroatoms. The van der Waals surface area contributed by atoms with Crippen LogP contribution in [-0.4, -0.2) is 38.1 Å². The molecule has 0 saturated heterocycles. The molecule has 3 aromatic rings. The number of hydrogen-bond acceptors (Lipinski definition) is 5. The average Bonchev–Trinajstić information content (AvgIpc) is 3.37. The fraction of sp³-hybridized carbons (Fsp3) is 0.250. The molecule has 3 heterocycles. The molecule has 1 aliphatic rings. The molecule has 4 rings (SSSR count). The average molecular weight is 396 g/mol. The quantitative estimate of drug-likeness (QED) is 0.694. The lowest BCUT2D eigenvalue weighted by Crippen LogP contribution is -2.42. The number of hydrogen-bond donors (Lipinski definition) is 2. The van der Waals surface area contributed by atoms with Crippen molar-refractivity contribution in [2.24, 2.45) is 0 Å². The fourth-order valence-corrected chi connectivity index (χ4v) is 4.04. The van der Waals surface area contributed by atoms with Gasteiger partial charge in [-0.3, -0.25) is 14.3 Å². The van der Waals surface area contributed by atoms with E-state index in [2.05, 4.69) is 10.4 Å². The molecule has 0 fully saturated rings. The first-order valence-electron chi connectivity index (χ1n) is 9.00. The van der Waals surface area contributed by atoms with Gasteiger partial charge in [-0.05, 0) is 35.7 Å². The Hall–Kier alpha value is -3.13. The highest BCUT2D eigenvalue weighted by atomic mass is 32.1. The van der Waals surface area contributed by atoms with E-state index in [9.17, 15) is 14.7 Å². The number of nitrogens with one attached hydrogen (secondary N) is 1. The minimum Gasteiger partial charge on any atom is -0.508 e. The minimum atomic E-state index is -0.233. The maximum atomic E-state index is 12.9. The first-order valence-corrected chi connectivity index (χ1v) is 9.88. The standard InChI is InChI=1S/C20H20N4O3S/c25-17-4-1-3-14(9-17)20(27)23-12-15-6-7-22-24(15)16(13-23)10-19(26)21-11-18-5-2-8-28-18/h1-9,16,25H,10-13H2,(H,21,26)/t16-/m0/s1. The third kappa shape index (κ3) is 3.91. The Morgan fingerprint density at radius 2 is 2.14 bits per heavy atom. The summed E-state index contributed by atoms with van der Waals surface area (Å²) in [6.45, 7) is 1.30. The summed E-state index contributed by atoms with van der Waals surface area (Å²) in [7, 11) is 0. The number of carbonyl (C=O) groups is 2. The van der Waals surface area contributed by atoms with E-state index in [-0.39, 0.29) is 30.0 Å². The second kappa shape index (κ2) is 7.85. The minimum absolute atomic E-state index is 0.0532. The molecule has 7 nitrogen and oxygen atoms in total. The van der Waals surface area contributed by atoms with Crippen molar-refractivity contribution < 1.29 is 14.7 Å². The lowest BCUT2D eigenvalue weighted by atomic mass is 10.1. The van der Waals surface area contributed by atoms with Gasteiger partial charge in [0.15, 0.2) is 0 Å². The smallest absolute Gasteiger partial charge is 0.254 e. The SMILES string of the molecule is O=C(C[C@H]1CN(C(=O)c2cccc(O)c2)Cc2ccnn21)NCc1cccs1. The summed E-state index contributed by atoms with van der Waals surface area (Å²) in [5.74, 6) is -0.198. The van der Waals surface area contributed by atoms with Crippen molar-refractivity contribution in [3.05, 3.63) is 70.2 Å². The Balaban J connectivity index is 1.46. The van der Waals surface area contributed by atoms with Crippen molar-refractivity contribution in [3.8, 4) is 5.75 Å². The van der Waals surface area contributed by atoms with Crippen LogP contribution in [0, 0.1) is 0 Å². The Morgan fingerprint density at radius 3 is 2.93 bits per heavy atom. The third-order valence-electron chi connectivity index (χ3n) is 4.72. The molecule has 0 aliphatic carbocycles. The summed E-state index contributed by atoms with van der Waals surface area (Å²) in [5.41, 5.74) is 1.31. The number of benzene rings is 1. The van der Waals surface area contributed by atoms with E-state index in [1.165, 1.54) is 12.1 Å². The Kier molecular flexibility index (Phi) is 5.12. The van der Waals surface area contributed by atoms with Crippen molar-refractivity contribution >= 4 is 23.2 Å². The molecule has 2 N–H and O–H groups in total. The van der Waals surface area contributed by atoms with Crippen LogP contribution in [-0.2, 0) is 17.9 Å². The summed E-state index contributed by atoms with van der Waals surface area (Å²) in [6, 6.07) is 11.9. The van der Waals surface area contributed by atoms with Crippen LogP contribution in [0.2, 0.25) is 0 Å². The maximum Gasteiger partial charge on any atom is 0.254 e. The molecular weight excluding hydrogens is 376 g/mol. The van der Waals surface area contributed by atoms with Gasteiger partial charge < -0.3 is 15.3 Å². The van der Waals surface area contributed by atoms with Gasteiger partial charge in [0.25, 0.3) is 5.91 Å². The number of thiophene rings is 1. The number of phenols is 1. The number of nitrogens with zero attached hydrogens (tertiary/aromatic N) is 3. The molecule has 0 saturated carbocycles. The van der Waals surface area contributed by atoms with Crippen molar-refractivity contribution in [2.75, 3.05) is 6.54 Å².